The number of ketones is 1. The largest absolute Gasteiger partial charge is 0.328 e. The molecule has 2 rings (SSSR count). The average molecular weight is 272 g/mol. The molecule has 0 atom stereocenters. The molecule has 0 radical (unpaired) electrons. The predicted molar refractivity (Wildman–Crippen MR) is 73.9 cm³/mol. The van der Waals surface area contributed by atoms with Crippen molar-refractivity contribution in [1.82, 2.24) is 4.90 Å². The quantitative estimate of drug-likeness (QED) is 0.811. The van der Waals surface area contributed by atoms with Gasteiger partial charge in [-0.3, -0.25) is 13.9 Å². The number of Topliss-reactive ketones (excluding diaryl/α,β-unsaturated/α-hetero) is 1. The molecule has 0 unspecified atom stereocenters. The minimum atomic E-state index is -0.653. The smallest absolute Gasteiger partial charge is 0.147 e. The molecule has 1 aliphatic heterocycles. The first-order chi connectivity index (χ1) is 8.63. The average Bonchev–Trinajstić information content (AvgIpc) is 2.35. The summed E-state index contributed by atoms with van der Waals surface area (Å²) in [7, 11) is -0.653. The Morgan fingerprint density at radius 2 is 1.78 bits per heavy atom. The maximum absolute atomic E-state index is 12.0. The topological polar surface area (TPSA) is 63.4 Å². The van der Waals surface area contributed by atoms with E-state index in [9.17, 15) is 9.00 Å². The van der Waals surface area contributed by atoms with Crippen LogP contribution < -0.4 is 5.73 Å². The van der Waals surface area contributed by atoms with Crippen LogP contribution in [0.2, 0.25) is 0 Å². The van der Waals surface area contributed by atoms with E-state index in [0.29, 0.717) is 30.7 Å². The van der Waals surface area contributed by atoms with Gasteiger partial charge in [0.2, 0.25) is 0 Å². The molecule has 0 aromatic carbocycles. The van der Waals surface area contributed by atoms with Crippen molar-refractivity contribution >= 4 is 16.6 Å². The number of carbonyl (C=O) groups excluding carboxylic acids is 1. The summed E-state index contributed by atoms with van der Waals surface area (Å²) in [6, 6.07) is 0.355. The third kappa shape index (κ3) is 4.44. The number of rotatable bonds is 4. The number of carbonyl (C=O) groups is 1. The van der Waals surface area contributed by atoms with Gasteiger partial charge in [0, 0.05) is 47.9 Å². The fourth-order valence-electron chi connectivity index (χ4n) is 2.86. The van der Waals surface area contributed by atoms with Gasteiger partial charge in [-0.2, -0.15) is 0 Å². The third-order valence-electron chi connectivity index (χ3n) is 4.08. The Bertz CT molecular complexity index is 304. The highest BCUT2D eigenvalue weighted by Gasteiger charge is 2.23. The number of hydrogen-bond acceptors (Lipinski definition) is 4. The Balaban J connectivity index is 1.67. The fourth-order valence-corrected chi connectivity index (χ4v) is 3.99. The normalized spacial score (nSPS) is 31.4. The summed E-state index contributed by atoms with van der Waals surface area (Å²) in [5.41, 5.74) is 5.87. The van der Waals surface area contributed by atoms with E-state index < -0.39 is 10.8 Å². The second-order valence-electron chi connectivity index (χ2n) is 5.65. The van der Waals surface area contributed by atoms with Crippen molar-refractivity contribution in [2.45, 2.75) is 38.1 Å². The molecule has 1 aliphatic carbocycles. The lowest BCUT2D eigenvalue weighted by Gasteiger charge is -2.28. The number of nitrogens with zero attached hydrogens (tertiary/aromatic N) is 1. The van der Waals surface area contributed by atoms with Crippen molar-refractivity contribution < 1.29 is 9.00 Å². The highest BCUT2D eigenvalue weighted by atomic mass is 32.2. The van der Waals surface area contributed by atoms with Gasteiger partial charge in [0.15, 0.2) is 0 Å². The Morgan fingerprint density at radius 1 is 1.17 bits per heavy atom. The second kappa shape index (κ2) is 6.78. The van der Waals surface area contributed by atoms with Crippen molar-refractivity contribution in [1.29, 1.82) is 0 Å². The maximum atomic E-state index is 12.0. The first-order valence-electron chi connectivity index (χ1n) is 6.98. The molecule has 1 saturated carbocycles. The lowest BCUT2D eigenvalue weighted by atomic mass is 9.83. The molecule has 2 fully saturated rings. The molecule has 104 valence electrons. The molecule has 5 heteroatoms. The van der Waals surface area contributed by atoms with Gasteiger partial charge in [-0.15, -0.1) is 0 Å². The van der Waals surface area contributed by atoms with Crippen molar-refractivity contribution in [3.8, 4) is 0 Å². The molecule has 1 heterocycles. The first-order valence-corrected chi connectivity index (χ1v) is 8.47. The van der Waals surface area contributed by atoms with Crippen LogP contribution in [-0.4, -0.2) is 52.1 Å². The Labute approximate surface area is 112 Å². The van der Waals surface area contributed by atoms with Gasteiger partial charge in [0.1, 0.15) is 5.78 Å². The standard InChI is InChI=1S/C13H24N2O2S/c14-12-3-1-11(2-4-12)9-13(16)10-15-5-7-18(17)8-6-15/h11-12H,1-10,14H2. The van der Waals surface area contributed by atoms with E-state index in [1.807, 2.05) is 0 Å². The van der Waals surface area contributed by atoms with Crippen LogP contribution in [0.25, 0.3) is 0 Å². The summed E-state index contributed by atoms with van der Waals surface area (Å²) >= 11 is 0. The van der Waals surface area contributed by atoms with Gasteiger partial charge in [-0.05, 0) is 31.6 Å². The molecule has 0 amide bonds. The van der Waals surface area contributed by atoms with Crippen LogP contribution in [0.15, 0.2) is 0 Å². The van der Waals surface area contributed by atoms with Crippen molar-refractivity contribution in [3.05, 3.63) is 0 Å². The maximum Gasteiger partial charge on any atom is 0.147 e. The molecule has 0 aromatic rings. The molecule has 0 aromatic heterocycles. The summed E-state index contributed by atoms with van der Waals surface area (Å²) in [6.45, 7) is 2.18. The van der Waals surface area contributed by atoms with Crippen LogP contribution in [0.5, 0.6) is 0 Å². The van der Waals surface area contributed by atoms with E-state index in [1.54, 1.807) is 0 Å². The van der Waals surface area contributed by atoms with Crippen LogP contribution in [0.4, 0.5) is 0 Å². The third-order valence-corrected chi connectivity index (χ3v) is 5.35. The zero-order valence-corrected chi connectivity index (χ0v) is 11.8. The van der Waals surface area contributed by atoms with Crippen molar-refractivity contribution in [2.24, 2.45) is 11.7 Å². The second-order valence-corrected chi connectivity index (χ2v) is 7.34. The van der Waals surface area contributed by atoms with Gasteiger partial charge in [0.25, 0.3) is 0 Å². The van der Waals surface area contributed by atoms with Gasteiger partial charge < -0.3 is 5.73 Å². The Kier molecular flexibility index (Phi) is 5.33. The Morgan fingerprint density at radius 3 is 2.39 bits per heavy atom. The summed E-state index contributed by atoms with van der Waals surface area (Å²) in [5.74, 6) is 2.36. The molecule has 4 nitrogen and oxygen atoms in total. The molecule has 2 aliphatic rings. The highest BCUT2D eigenvalue weighted by molar-refractivity contribution is 7.85. The number of hydrogen-bond donors (Lipinski definition) is 1. The summed E-state index contributed by atoms with van der Waals surface area (Å²) < 4.78 is 11.2. The van der Waals surface area contributed by atoms with E-state index >= 15 is 0 Å². The van der Waals surface area contributed by atoms with Crippen molar-refractivity contribution in [2.75, 3.05) is 31.1 Å². The molecule has 1 saturated heterocycles. The van der Waals surface area contributed by atoms with Gasteiger partial charge in [-0.1, -0.05) is 0 Å². The minimum Gasteiger partial charge on any atom is -0.328 e. The van der Waals surface area contributed by atoms with E-state index in [1.165, 1.54) is 0 Å². The highest BCUT2D eigenvalue weighted by Crippen LogP contribution is 2.26. The lowest BCUT2D eigenvalue weighted by molar-refractivity contribution is -0.121. The summed E-state index contributed by atoms with van der Waals surface area (Å²) in [4.78, 5) is 14.1. The van der Waals surface area contributed by atoms with Crippen LogP contribution in [-0.2, 0) is 15.6 Å². The monoisotopic (exact) mass is 272 g/mol. The van der Waals surface area contributed by atoms with E-state index in [0.717, 1.165) is 50.3 Å². The van der Waals surface area contributed by atoms with E-state index in [-0.39, 0.29) is 0 Å². The predicted octanol–water partition coefficient (Wildman–Crippen LogP) is 0.527. The van der Waals surface area contributed by atoms with Gasteiger partial charge in [0.05, 0.1) is 6.54 Å². The number of nitrogens with two attached hydrogens (primary N) is 1. The van der Waals surface area contributed by atoms with Gasteiger partial charge in [-0.25, -0.2) is 0 Å². The van der Waals surface area contributed by atoms with Crippen molar-refractivity contribution in [3.63, 3.8) is 0 Å². The summed E-state index contributed by atoms with van der Waals surface area (Å²) in [5, 5.41) is 0. The first kappa shape index (κ1) is 14.2. The molecule has 0 spiro atoms. The van der Waals surface area contributed by atoms with Gasteiger partial charge >= 0.3 is 0 Å². The van der Waals surface area contributed by atoms with E-state index in [2.05, 4.69) is 4.90 Å². The zero-order valence-electron chi connectivity index (χ0n) is 11.0. The van der Waals surface area contributed by atoms with Crippen LogP contribution in [0, 0.1) is 5.92 Å². The summed E-state index contributed by atoms with van der Waals surface area (Å²) in [6.07, 6.45) is 5.07. The SMILES string of the molecule is NC1CCC(CC(=O)CN2CCS(=O)CC2)CC1. The lowest BCUT2D eigenvalue weighted by Crippen LogP contribution is -2.41. The molecule has 18 heavy (non-hydrogen) atoms. The molecular weight excluding hydrogens is 248 g/mol. The van der Waals surface area contributed by atoms with Crippen LogP contribution in [0.1, 0.15) is 32.1 Å². The zero-order chi connectivity index (χ0) is 13.0. The minimum absolute atomic E-state index is 0.350. The fraction of sp³-hybridized carbons (Fsp3) is 0.923. The van der Waals surface area contributed by atoms with Crippen LogP contribution >= 0.6 is 0 Å². The van der Waals surface area contributed by atoms with Crippen LogP contribution in [0.3, 0.4) is 0 Å². The molecule has 0 bridgehead atoms. The Hall–Kier alpha value is -0.260. The molecular formula is C13H24N2O2S. The van der Waals surface area contributed by atoms with E-state index in [4.69, 9.17) is 5.73 Å². The molecule has 2 N–H and O–H groups in total.